The number of hydrogen-bond acceptors (Lipinski definition) is 4. The van der Waals surface area contributed by atoms with Crippen LogP contribution in [0.5, 0.6) is 0 Å². The Kier molecular flexibility index (Phi) is 5.90. The van der Waals surface area contributed by atoms with Crippen LogP contribution in [0.25, 0.3) is 10.1 Å². The first-order valence-corrected chi connectivity index (χ1v) is 10.6. The Morgan fingerprint density at radius 3 is 2.57 bits per heavy atom. The van der Waals surface area contributed by atoms with Crippen LogP contribution in [0.2, 0.25) is 0 Å². The number of nitrogens with one attached hydrogen (secondary N) is 1. The molecule has 1 N–H and O–H groups in total. The van der Waals surface area contributed by atoms with Gasteiger partial charge in [0.2, 0.25) is 5.91 Å². The monoisotopic (exact) mass is 419 g/mol. The van der Waals surface area contributed by atoms with Crippen molar-refractivity contribution < 1.29 is 4.79 Å². The normalized spacial score (nSPS) is 10.9. The summed E-state index contributed by atoms with van der Waals surface area (Å²) in [5, 5.41) is 6.11. The van der Waals surface area contributed by atoms with Crippen molar-refractivity contribution in [1.82, 2.24) is 14.5 Å². The van der Waals surface area contributed by atoms with E-state index in [1.165, 1.54) is 32.5 Å². The molecule has 0 fully saturated rings. The van der Waals surface area contributed by atoms with Crippen LogP contribution < -0.4 is 16.6 Å². The van der Waals surface area contributed by atoms with Gasteiger partial charge in [0.25, 0.3) is 5.56 Å². The second-order valence-electron chi connectivity index (χ2n) is 6.99. The molecule has 6 nitrogen and oxygen atoms in total. The lowest BCUT2D eigenvalue weighted by molar-refractivity contribution is -0.121. The van der Waals surface area contributed by atoms with Crippen LogP contribution >= 0.6 is 11.3 Å². The molecule has 0 aliphatic rings. The zero-order chi connectivity index (χ0) is 20.9. The van der Waals surface area contributed by atoms with E-state index in [0.717, 1.165) is 10.1 Å². The summed E-state index contributed by atoms with van der Waals surface area (Å²) in [5.41, 5.74) is 1.14. The number of aromatic nitrogens is 2. The molecular formula is C23H21N3O3S. The highest BCUT2D eigenvalue weighted by Crippen LogP contribution is 2.25. The maximum atomic E-state index is 12.7. The molecule has 4 aromatic rings. The van der Waals surface area contributed by atoms with Gasteiger partial charge in [0.1, 0.15) is 6.54 Å². The summed E-state index contributed by atoms with van der Waals surface area (Å²) in [7, 11) is 0. The van der Waals surface area contributed by atoms with E-state index in [1.54, 1.807) is 11.3 Å². The fourth-order valence-corrected chi connectivity index (χ4v) is 4.36. The number of thiophene rings is 1. The smallest absolute Gasteiger partial charge is 0.331 e. The van der Waals surface area contributed by atoms with Gasteiger partial charge in [-0.2, -0.15) is 0 Å². The number of carbonyl (C=O) groups excluding carboxylic acids is 1. The van der Waals surface area contributed by atoms with E-state index in [-0.39, 0.29) is 12.5 Å². The van der Waals surface area contributed by atoms with Crippen LogP contribution in [-0.2, 0) is 24.3 Å². The Labute approximate surface area is 177 Å². The van der Waals surface area contributed by atoms with Crippen LogP contribution in [0.3, 0.4) is 0 Å². The predicted molar refractivity (Wildman–Crippen MR) is 119 cm³/mol. The highest BCUT2D eigenvalue weighted by atomic mass is 32.1. The molecule has 1 amide bonds. The third kappa shape index (κ3) is 4.41. The van der Waals surface area contributed by atoms with E-state index in [9.17, 15) is 14.4 Å². The second-order valence-corrected chi connectivity index (χ2v) is 7.90. The summed E-state index contributed by atoms with van der Waals surface area (Å²) in [6.45, 7) is 0.490. The summed E-state index contributed by atoms with van der Waals surface area (Å²) in [4.78, 5) is 37.2. The quantitative estimate of drug-likeness (QED) is 0.501. The minimum Gasteiger partial charge on any atom is -0.354 e. The molecule has 0 unspecified atom stereocenters. The average molecular weight is 420 g/mol. The zero-order valence-corrected chi connectivity index (χ0v) is 17.1. The van der Waals surface area contributed by atoms with Crippen molar-refractivity contribution in [2.75, 3.05) is 6.54 Å². The number of benzene rings is 2. The number of hydrogen-bond donors (Lipinski definition) is 1. The molecule has 30 heavy (non-hydrogen) atoms. The van der Waals surface area contributed by atoms with Gasteiger partial charge in [0, 0.05) is 23.5 Å². The van der Waals surface area contributed by atoms with Gasteiger partial charge >= 0.3 is 5.69 Å². The maximum Gasteiger partial charge on any atom is 0.331 e. The summed E-state index contributed by atoms with van der Waals surface area (Å²) < 4.78 is 3.62. The molecule has 2 heterocycles. The van der Waals surface area contributed by atoms with Gasteiger partial charge in [0.05, 0.1) is 6.54 Å². The Morgan fingerprint density at radius 1 is 0.967 bits per heavy atom. The van der Waals surface area contributed by atoms with Crippen molar-refractivity contribution in [2.24, 2.45) is 0 Å². The molecule has 0 atom stereocenters. The predicted octanol–water partition coefficient (Wildman–Crippen LogP) is 2.63. The van der Waals surface area contributed by atoms with Crippen molar-refractivity contribution in [3.8, 4) is 0 Å². The average Bonchev–Trinajstić information content (AvgIpc) is 3.17. The number of amides is 1. The third-order valence-corrected chi connectivity index (χ3v) is 5.93. The summed E-state index contributed by atoms with van der Waals surface area (Å²) in [5.74, 6) is -0.355. The lowest BCUT2D eigenvalue weighted by Crippen LogP contribution is -2.43. The summed E-state index contributed by atoms with van der Waals surface area (Å²) in [6.07, 6.45) is 2.16. The minimum absolute atomic E-state index is 0.294. The maximum absolute atomic E-state index is 12.7. The molecule has 0 bridgehead atoms. The molecule has 152 valence electrons. The van der Waals surface area contributed by atoms with Crippen molar-refractivity contribution in [2.45, 2.75) is 19.5 Å². The highest BCUT2D eigenvalue weighted by Gasteiger charge is 2.11. The number of fused-ring (bicyclic) bond motifs is 1. The van der Waals surface area contributed by atoms with Crippen molar-refractivity contribution in [1.29, 1.82) is 0 Å². The van der Waals surface area contributed by atoms with Crippen molar-refractivity contribution >= 4 is 27.3 Å². The molecule has 2 aromatic heterocycles. The number of carbonyl (C=O) groups is 1. The molecule has 7 heteroatoms. The Bertz CT molecular complexity index is 1290. The van der Waals surface area contributed by atoms with Gasteiger partial charge in [-0.15, -0.1) is 11.3 Å². The molecule has 2 aromatic carbocycles. The zero-order valence-electron chi connectivity index (χ0n) is 16.3. The molecular weight excluding hydrogens is 398 g/mol. The van der Waals surface area contributed by atoms with Crippen LogP contribution in [0.15, 0.2) is 81.8 Å². The van der Waals surface area contributed by atoms with Gasteiger partial charge in [-0.1, -0.05) is 48.5 Å². The molecule has 0 aliphatic heterocycles. The first-order valence-electron chi connectivity index (χ1n) is 9.68. The lowest BCUT2D eigenvalue weighted by atomic mass is 10.1. The van der Waals surface area contributed by atoms with E-state index in [4.69, 9.17) is 0 Å². The topological polar surface area (TPSA) is 73.1 Å². The van der Waals surface area contributed by atoms with Gasteiger partial charge in [0.15, 0.2) is 0 Å². The van der Waals surface area contributed by atoms with Gasteiger partial charge in [-0.3, -0.25) is 18.7 Å². The first-order chi connectivity index (χ1) is 14.6. The third-order valence-electron chi connectivity index (χ3n) is 4.91. The summed E-state index contributed by atoms with van der Waals surface area (Å²) >= 11 is 1.68. The fraction of sp³-hybridized carbons (Fsp3) is 0.174. The molecule has 0 radical (unpaired) electrons. The molecule has 0 saturated heterocycles. The molecule has 4 rings (SSSR count). The van der Waals surface area contributed by atoms with E-state index in [2.05, 4.69) is 22.8 Å². The van der Waals surface area contributed by atoms with Crippen molar-refractivity contribution in [3.63, 3.8) is 0 Å². The van der Waals surface area contributed by atoms with Crippen LogP contribution in [0.4, 0.5) is 0 Å². The molecule has 0 saturated carbocycles. The Morgan fingerprint density at radius 2 is 1.73 bits per heavy atom. The molecule has 0 aliphatic carbocycles. The number of rotatable bonds is 7. The van der Waals surface area contributed by atoms with Crippen LogP contribution in [0, 0.1) is 0 Å². The van der Waals surface area contributed by atoms with E-state index >= 15 is 0 Å². The largest absolute Gasteiger partial charge is 0.354 e. The fourth-order valence-electron chi connectivity index (χ4n) is 3.37. The second kappa shape index (κ2) is 8.92. The van der Waals surface area contributed by atoms with E-state index in [1.807, 2.05) is 42.5 Å². The highest BCUT2D eigenvalue weighted by molar-refractivity contribution is 7.17. The lowest BCUT2D eigenvalue weighted by Gasteiger charge is -2.10. The van der Waals surface area contributed by atoms with Crippen molar-refractivity contribution in [3.05, 3.63) is 104 Å². The minimum atomic E-state index is -0.495. The Hall–Kier alpha value is -3.45. The molecule has 0 spiro atoms. The van der Waals surface area contributed by atoms with Gasteiger partial charge in [-0.25, -0.2) is 4.79 Å². The Balaban J connectivity index is 1.41. The standard InChI is InChI=1S/C23H21N3O3S/c27-21(24-12-10-18-16-30-20-9-5-4-8-19(18)20)15-26-22(28)11-13-25(23(26)29)14-17-6-2-1-3-7-17/h1-9,11,13,16H,10,12,14-15H2,(H,24,27). The number of nitrogens with zero attached hydrogens (tertiary/aromatic N) is 2. The van der Waals surface area contributed by atoms with Crippen LogP contribution in [-0.4, -0.2) is 21.6 Å². The summed E-state index contributed by atoms with van der Waals surface area (Å²) in [6, 6.07) is 19.0. The SMILES string of the molecule is O=C(Cn1c(=O)ccn(Cc2ccccc2)c1=O)NCCc1csc2ccccc12. The van der Waals surface area contributed by atoms with E-state index < -0.39 is 11.2 Å². The van der Waals surface area contributed by atoms with Crippen LogP contribution in [0.1, 0.15) is 11.1 Å². The first kappa shape index (κ1) is 19.8. The van der Waals surface area contributed by atoms with Gasteiger partial charge in [-0.05, 0) is 34.4 Å². The van der Waals surface area contributed by atoms with E-state index in [0.29, 0.717) is 19.5 Å². The van der Waals surface area contributed by atoms with Gasteiger partial charge < -0.3 is 5.32 Å².